The van der Waals surface area contributed by atoms with Gasteiger partial charge in [0, 0.05) is 23.7 Å². The molecular formula is C15H18N2. The first-order valence-corrected chi connectivity index (χ1v) is 6.40. The molecule has 1 aromatic heterocycles. The number of benzene rings is 1. The average molecular weight is 226 g/mol. The molecule has 2 aromatic rings. The Labute approximate surface area is 102 Å². The fourth-order valence-corrected chi connectivity index (χ4v) is 2.77. The van der Waals surface area contributed by atoms with E-state index in [2.05, 4.69) is 48.7 Å². The Kier molecular flexibility index (Phi) is 2.50. The zero-order chi connectivity index (χ0) is 11.8. The predicted molar refractivity (Wildman–Crippen MR) is 70.0 cm³/mol. The Bertz CT molecular complexity index is 525. The Morgan fingerprint density at radius 3 is 2.71 bits per heavy atom. The second-order valence-electron chi connectivity index (χ2n) is 4.96. The first-order chi connectivity index (χ1) is 8.27. The number of hydrogen-bond acceptors (Lipinski definition) is 1. The Morgan fingerprint density at radius 1 is 1.24 bits per heavy atom. The zero-order valence-electron chi connectivity index (χ0n) is 10.5. The summed E-state index contributed by atoms with van der Waals surface area (Å²) in [6.07, 6.45) is 2.55. The topological polar surface area (TPSA) is 17.8 Å². The lowest BCUT2D eigenvalue weighted by molar-refractivity contribution is 0.458. The van der Waals surface area contributed by atoms with Crippen LogP contribution in [0.1, 0.15) is 37.2 Å². The summed E-state index contributed by atoms with van der Waals surface area (Å²) in [5, 5.41) is 0. The van der Waals surface area contributed by atoms with Gasteiger partial charge in [0.1, 0.15) is 5.82 Å². The highest BCUT2D eigenvalue weighted by Crippen LogP contribution is 2.32. The van der Waals surface area contributed by atoms with E-state index >= 15 is 0 Å². The molecule has 0 spiro atoms. The van der Waals surface area contributed by atoms with Gasteiger partial charge in [-0.05, 0) is 19.8 Å². The van der Waals surface area contributed by atoms with Gasteiger partial charge in [-0.2, -0.15) is 0 Å². The molecule has 2 heterocycles. The van der Waals surface area contributed by atoms with Gasteiger partial charge >= 0.3 is 0 Å². The zero-order valence-corrected chi connectivity index (χ0v) is 10.5. The summed E-state index contributed by atoms with van der Waals surface area (Å²) in [4.78, 5) is 4.86. The molecule has 0 saturated heterocycles. The van der Waals surface area contributed by atoms with E-state index in [0.717, 1.165) is 12.2 Å². The van der Waals surface area contributed by atoms with Crippen molar-refractivity contribution in [1.82, 2.24) is 9.55 Å². The maximum absolute atomic E-state index is 4.86. The Morgan fingerprint density at radius 2 is 2.00 bits per heavy atom. The lowest BCUT2D eigenvalue weighted by atomic mass is 10.0. The van der Waals surface area contributed by atoms with Crippen LogP contribution >= 0.6 is 0 Å². The summed E-state index contributed by atoms with van der Waals surface area (Å²) in [7, 11) is 0. The molecule has 2 heteroatoms. The molecular weight excluding hydrogens is 208 g/mol. The minimum atomic E-state index is 0.597. The van der Waals surface area contributed by atoms with Crippen molar-refractivity contribution in [3.8, 4) is 11.3 Å². The number of nitrogens with zero attached hydrogens (tertiary/aromatic N) is 2. The van der Waals surface area contributed by atoms with Crippen molar-refractivity contribution < 1.29 is 0 Å². The lowest BCUT2D eigenvalue weighted by Crippen LogP contribution is -2.14. The molecule has 3 rings (SSSR count). The number of rotatable bonds is 1. The van der Waals surface area contributed by atoms with E-state index in [-0.39, 0.29) is 0 Å². The summed E-state index contributed by atoms with van der Waals surface area (Å²) >= 11 is 0. The van der Waals surface area contributed by atoms with Crippen LogP contribution in [0.3, 0.4) is 0 Å². The summed E-state index contributed by atoms with van der Waals surface area (Å²) in [5.41, 5.74) is 3.71. The number of aromatic nitrogens is 2. The maximum Gasteiger partial charge on any atom is 0.112 e. The highest BCUT2D eigenvalue weighted by molar-refractivity contribution is 5.62. The van der Waals surface area contributed by atoms with Gasteiger partial charge in [0.25, 0.3) is 0 Å². The first-order valence-electron chi connectivity index (χ1n) is 6.40. The van der Waals surface area contributed by atoms with Crippen molar-refractivity contribution in [1.29, 1.82) is 0 Å². The third-order valence-corrected chi connectivity index (χ3v) is 3.76. The highest BCUT2D eigenvalue weighted by Gasteiger charge is 2.22. The SMILES string of the molecule is Cc1c(-c2ccccc2)nc2n1CCCC2C. The van der Waals surface area contributed by atoms with Crippen molar-refractivity contribution in [2.75, 3.05) is 0 Å². The van der Waals surface area contributed by atoms with Crippen molar-refractivity contribution in [2.24, 2.45) is 0 Å². The smallest absolute Gasteiger partial charge is 0.112 e. The van der Waals surface area contributed by atoms with Crippen molar-refractivity contribution in [2.45, 2.75) is 39.2 Å². The molecule has 0 aliphatic carbocycles. The van der Waals surface area contributed by atoms with E-state index in [4.69, 9.17) is 4.98 Å². The summed E-state index contributed by atoms with van der Waals surface area (Å²) in [6.45, 7) is 5.61. The minimum Gasteiger partial charge on any atom is -0.331 e. The van der Waals surface area contributed by atoms with Gasteiger partial charge in [0.2, 0.25) is 0 Å². The third-order valence-electron chi connectivity index (χ3n) is 3.76. The van der Waals surface area contributed by atoms with Gasteiger partial charge in [-0.15, -0.1) is 0 Å². The molecule has 1 aliphatic rings. The molecule has 0 N–H and O–H groups in total. The Hall–Kier alpha value is -1.57. The van der Waals surface area contributed by atoms with Gasteiger partial charge < -0.3 is 4.57 Å². The van der Waals surface area contributed by atoms with Gasteiger partial charge in [-0.1, -0.05) is 37.3 Å². The van der Waals surface area contributed by atoms with E-state index in [1.807, 2.05) is 0 Å². The van der Waals surface area contributed by atoms with Crippen LogP contribution < -0.4 is 0 Å². The van der Waals surface area contributed by atoms with E-state index in [1.165, 1.54) is 29.9 Å². The van der Waals surface area contributed by atoms with Gasteiger partial charge in [-0.3, -0.25) is 0 Å². The summed E-state index contributed by atoms with van der Waals surface area (Å²) < 4.78 is 2.40. The number of hydrogen-bond donors (Lipinski definition) is 0. The van der Waals surface area contributed by atoms with Crippen LogP contribution in [0, 0.1) is 6.92 Å². The monoisotopic (exact) mass is 226 g/mol. The van der Waals surface area contributed by atoms with Crippen LogP contribution in [-0.4, -0.2) is 9.55 Å². The molecule has 17 heavy (non-hydrogen) atoms. The fraction of sp³-hybridized carbons (Fsp3) is 0.400. The van der Waals surface area contributed by atoms with E-state index in [0.29, 0.717) is 5.92 Å². The van der Waals surface area contributed by atoms with Crippen molar-refractivity contribution in [3.05, 3.63) is 41.9 Å². The van der Waals surface area contributed by atoms with Crippen LogP contribution in [-0.2, 0) is 6.54 Å². The molecule has 0 amide bonds. The largest absolute Gasteiger partial charge is 0.331 e. The molecule has 1 atom stereocenters. The lowest BCUT2D eigenvalue weighted by Gasteiger charge is -2.20. The molecule has 0 bridgehead atoms. The fourth-order valence-electron chi connectivity index (χ4n) is 2.77. The van der Waals surface area contributed by atoms with Crippen molar-refractivity contribution >= 4 is 0 Å². The molecule has 1 unspecified atom stereocenters. The van der Waals surface area contributed by atoms with Gasteiger partial charge in [0.15, 0.2) is 0 Å². The standard InChI is InChI=1S/C15H18N2/c1-11-7-6-10-17-12(2)14(16-15(11)17)13-8-4-3-5-9-13/h3-5,8-9,11H,6-7,10H2,1-2H3. The van der Waals surface area contributed by atoms with Gasteiger partial charge in [-0.25, -0.2) is 4.98 Å². The second-order valence-corrected chi connectivity index (χ2v) is 4.96. The number of fused-ring (bicyclic) bond motifs is 1. The van der Waals surface area contributed by atoms with Crippen LogP contribution in [0.5, 0.6) is 0 Å². The molecule has 0 saturated carbocycles. The highest BCUT2D eigenvalue weighted by atomic mass is 15.1. The predicted octanol–water partition coefficient (Wildman–Crippen LogP) is 3.76. The summed E-state index contributed by atoms with van der Waals surface area (Å²) in [5.74, 6) is 1.87. The normalized spacial score (nSPS) is 19.1. The van der Waals surface area contributed by atoms with E-state index in [9.17, 15) is 0 Å². The maximum atomic E-state index is 4.86. The minimum absolute atomic E-state index is 0.597. The summed E-state index contributed by atoms with van der Waals surface area (Å²) in [6, 6.07) is 10.5. The van der Waals surface area contributed by atoms with Gasteiger partial charge in [0.05, 0.1) is 5.69 Å². The number of imidazole rings is 1. The third kappa shape index (κ3) is 1.68. The molecule has 88 valence electrons. The van der Waals surface area contributed by atoms with Crippen LogP contribution in [0.2, 0.25) is 0 Å². The van der Waals surface area contributed by atoms with Crippen LogP contribution in [0.15, 0.2) is 30.3 Å². The van der Waals surface area contributed by atoms with Crippen molar-refractivity contribution in [3.63, 3.8) is 0 Å². The second kappa shape index (κ2) is 4.02. The quantitative estimate of drug-likeness (QED) is 0.724. The van der Waals surface area contributed by atoms with E-state index < -0.39 is 0 Å². The molecule has 2 nitrogen and oxygen atoms in total. The first kappa shape index (κ1) is 10.6. The van der Waals surface area contributed by atoms with E-state index in [1.54, 1.807) is 0 Å². The van der Waals surface area contributed by atoms with Crippen LogP contribution in [0.4, 0.5) is 0 Å². The van der Waals surface area contributed by atoms with Crippen LogP contribution in [0.25, 0.3) is 11.3 Å². The Balaban J connectivity index is 2.14. The molecule has 0 radical (unpaired) electrons. The molecule has 0 fully saturated rings. The molecule has 1 aliphatic heterocycles. The average Bonchev–Trinajstić information content (AvgIpc) is 2.70. The molecule has 1 aromatic carbocycles.